The minimum atomic E-state index is -2.30. The van der Waals surface area contributed by atoms with Crippen LogP contribution in [0.15, 0.2) is 30.3 Å². The van der Waals surface area contributed by atoms with E-state index in [0.29, 0.717) is 0 Å². The number of thiophene rings is 1. The van der Waals surface area contributed by atoms with Gasteiger partial charge in [0, 0.05) is 0 Å². The molecule has 2 aromatic heterocycles. The molecular formula is C23H35NSSn. The van der Waals surface area contributed by atoms with Gasteiger partial charge in [0.1, 0.15) is 0 Å². The molecule has 0 aliphatic rings. The van der Waals surface area contributed by atoms with Crippen LogP contribution in [0.3, 0.4) is 0 Å². The van der Waals surface area contributed by atoms with Gasteiger partial charge in [0.2, 0.25) is 0 Å². The number of hydrogen-bond donors (Lipinski definition) is 0. The first-order chi connectivity index (χ1) is 12.7. The van der Waals surface area contributed by atoms with Crippen molar-refractivity contribution in [2.45, 2.75) is 72.6 Å². The van der Waals surface area contributed by atoms with Crippen molar-refractivity contribution in [3.63, 3.8) is 0 Å². The fourth-order valence-corrected chi connectivity index (χ4v) is 24.8. The monoisotopic (exact) mass is 477 g/mol. The van der Waals surface area contributed by atoms with Crippen molar-refractivity contribution in [1.82, 2.24) is 4.57 Å². The first-order valence-electron chi connectivity index (χ1n) is 10.6. The Morgan fingerprint density at radius 3 is 2.00 bits per heavy atom. The summed E-state index contributed by atoms with van der Waals surface area (Å²) in [7, 11) is 2.25. The molecule has 26 heavy (non-hydrogen) atoms. The number of nitrogens with zero attached hydrogens (tertiary/aromatic N) is 1. The van der Waals surface area contributed by atoms with Gasteiger partial charge in [-0.1, -0.05) is 0 Å². The van der Waals surface area contributed by atoms with Crippen LogP contribution >= 0.6 is 11.3 Å². The molecule has 3 aromatic rings. The number of para-hydroxylation sites is 1. The molecule has 0 saturated heterocycles. The summed E-state index contributed by atoms with van der Waals surface area (Å²) in [6.45, 7) is 7.11. The molecule has 0 fully saturated rings. The third-order valence-electron chi connectivity index (χ3n) is 6.13. The second kappa shape index (κ2) is 9.14. The summed E-state index contributed by atoms with van der Waals surface area (Å²) in [5.74, 6) is 0. The van der Waals surface area contributed by atoms with Gasteiger partial charge in [0.15, 0.2) is 0 Å². The Kier molecular flexibility index (Phi) is 7.12. The van der Waals surface area contributed by atoms with Crippen LogP contribution in [0.25, 0.3) is 21.1 Å². The molecule has 0 atom stereocenters. The molecule has 0 spiro atoms. The summed E-state index contributed by atoms with van der Waals surface area (Å²) in [5, 5.41) is 1.46. The van der Waals surface area contributed by atoms with Crippen LogP contribution in [0.5, 0.6) is 0 Å². The summed E-state index contributed by atoms with van der Waals surface area (Å²) in [4.78, 5) is 0. The van der Waals surface area contributed by atoms with Gasteiger partial charge >= 0.3 is 168 Å². The van der Waals surface area contributed by atoms with E-state index in [-0.39, 0.29) is 0 Å². The van der Waals surface area contributed by atoms with E-state index < -0.39 is 18.4 Å². The summed E-state index contributed by atoms with van der Waals surface area (Å²) in [5.41, 5.74) is 2.87. The maximum atomic E-state index is 2.64. The third kappa shape index (κ3) is 3.87. The first-order valence-corrected chi connectivity index (χ1v) is 18.9. The van der Waals surface area contributed by atoms with Gasteiger partial charge in [0.05, 0.1) is 0 Å². The van der Waals surface area contributed by atoms with Crippen LogP contribution in [0.1, 0.15) is 59.3 Å². The van der Waals surface area contributed by atoms with Gasteiger partial charge in [0.25, 0.3) is 0 Å². The third-order valence-corrected chi connectivity index (χ3v) is 25.5. The predicted molar refractivity (Wildman–Crippen MR) is 123 cm³/mol. The number of unbranched alkanes of at least 4 members (excludes halogenated alkanes) is 3. The Hall–Kier alpha value is -0.481. The van der Waals surface area contributed by atoms with Crippen molar-refractivity contribution < 1.29 is 0 Å². The fourth-order valence-electron chi connectivity index (χ4n) is 4.46. The van der Waals surface area contributed by atoms with Gasteiger partial charge in [-0.05, 0) is 0 Å². The standard InChI is InChI=1S/C11H8NS.3C4H9.Sn/c1-12-9-5-3-2-4-8(9)11-10(12)6-7-13-11;3*1-3-4-2;/h2-6H,1H3;3*1,3-4H2,2H3;. The van der Waals surface area contributed by atoms with Crippen molar-refractivity contribution in [2.24, 2.45) is 7.05 Å². The van der Waals surface area contributed by atoms with Crippen molar-refractivity contribution in [2.75, 3.05) is 0 Å². The summed E-state index contributed by atoms with van der Waals surface area (Å²) in [6.07, 6.45) is 8.38. The molecular weight excluding hydrogens is 441 g/mol. The number of aromatic nitrogens is 1. The predicted octanol–water partition coefficient (Wildman–Crippen LogP) is 7.45. The molecule has 0 bridgehead atoms. The SMILES string of the molecule is CCC[CH2][Sn]([CH2]CCC)([CH2]CCC)[c]1cc2c(s1)c1ccccc1n2C. The van der Waals surface area contributed by atoms with Gasteiger partial charge in [-0.3, -0.25) is 0 Å². The Morgan fingerprint density at radius 2 is 1.42 bits per heavy atom. The van der Waals surface area contributed by atoms with E-state index in [4.69, 9.17) is 0 Å². The zero-order chi connectivity index (χ0) is 18.6. The van der Waals surface area contributed by atoms with Gasteiger partial charge in [-0.15, -0.1) is 0 Å². The van der Waals surface area contributed by atoms with Crippen molar-refractivity contribution in [1.29, 1.82) is 0 Å². The molecule has 0 unspecified atom stereocenters. The molecule has 0 N–H and O–H groups in total. The number of rotatable bonds is 10. The summed E-state index contributed by atoms with van der Waals surface area (Å²) in [6, 6.07) is 11.6. The van der Waals surface area contributed by atoms with E-state index in [1.54, 1.807) is 18.0 Å². The summed E-state index contributed by atoms with van der Waals surface area (Å²) < 4.78 is 10.5. The van der Waals surface area contributed by atoms with Crippen molar-refractivity contribution in [3.05, 3.63) is 30.3 Å². The quantitative estimate of drug-likeness (QED) is 0.268. The number of fused-ring (bicyclic) bond motifs is 3. The molecule has 0 radical (unpaired) electrons. The second-order valence-corrected chi connectivity index (χ2v) is 23.2. The van der Waals surface area contributed by atoms with Crippen LogP contribution < -0.4 is 2.89 Å². The van der Waals surface area contributed by atoms with E-state index >= 15 is 0 Å². The van der Waals surface area contributed by atoms with Gasteiger partial charge < -0.3 is 0 Å². The van der Waals surface area contributed by atoms with E-state index in [0.717, 1.165) is 0 Å². The molecule has 142 valence electrons. The van der Waals surface area contributed by atoms with Crippen LogP contribution in [0.4, 0.5) is 0 Å². The van der Waals surface area contributed by atoms with E-state index in [2.05, 4.69) is 74.1 Å². The van der Waals surface area contributed by atoms with E-state index in [1.807, 2.05) is 2.89 Å². The average Bonchev–Trinajstić information content (AvgIpc) is 3.22. The van der Waals surface area contributed by atoms with E-state index in [1.165, 1.54) is 54.9 Å². The van der Waals surface area contributed by atoms with Crippen LogP contribution in [0.2, 0.25) is 13.3 Å². The van der Waals surface area contributed by atoms with Crippen LogP contribution in [0, 0.1) is 0 Å². The zero-order valence-corrected chi connectivity index (χ0v) is 20.8. The van der Waals surface area contributed by atoms with Crippen molar-refractivity contribution in [3.8, 4) is 0 Å². The van der Waals surface area contributed by atoms with Gasteiger partial charge in [-0.2, -0.15) is 0 Å². The van der Waals surface area contributed by atoms with Crippen molar-refractivity contribution >= 4 is 53.7 Å². The molecule has 3 rings (SSSR count). The number of aryl methyl sites for hydroxylation is 1. The molecule has 3 heteroatoms. The summed E-state index contributed by atoms with van der Waals surface area (Å²) >= 11 is -0.121. The number of hydrogen-bond acceptors (Lipinski definition) is 1. The molecule has 0 amide bonds. The van der Waals surface area contributed by atoms with Gasteiger partial charge in [-0.25, -0.2) is 0 Å². The molecule has 1 aromatic carbocycles. The molecule has 2 heterocycles. The first kappa shape index (κ1) is 20.3. The average molecular weight is 476 g/mol. The molecule has 0 aliphatic carbocycles. The Bertz CT molecular complexity index is 823. The van der Waals surface area contributed by atoms with Crippen LogP contribution in [-0.2, 0) is 7.05 Å². The normalized spacial score (nSPS) is 12.5. The fraction of sp³-hybridized carbons (Fsp3) is 0.565. The maximum absolute atomic E-state index is 2.64. The molecule has 0 aliphatic heterocycles. The Morgan fingerprint density at radius 1 is 0.846 bits per heavy atom. The second-order valence-electron chi connectivity index (χ2n) is 7.99. The zero-order valence-electron chi connectivity index (χ0n) is 17.1. The Balaban J connectivity index is 2.10. The molecule has 0 saturated carbocycles. The van der Waals surface area contributed by atoms with E-state index in [9.17, 15) is 0 Å². The number of benzene rings is 1. The van der Waals surface area contributed by atoms with Crippen LogP contribution in [-0.4, -0.2) is 22.9 Å². The minimum absolute atomic E-state index is 1.35. The topological polar surface area (TPSA) is 4.93 Å². The molecule has 1 nitrogen and oxygen atoms in total. The Labute approximate surface area is 167 Å².